The molecule has 0 bridgehead atoms. The summed E-state index contributed by atoms with van der Waals surface area (Å²) in [5.74, 6) is -0.171. The first-order chi connectivity index (χ1) is 8.22. The number of amides is 1. The van der Waals surface area contributed by atoms with Crippen LogP contribution in [0.2, 0.25) is 0 Å². The first-order valence-electron chi connectivity index (χ1n) is 4.98. The number of rotatable bonds is 3. The van der Waals surface area contributed by atoms with Gasteiger partial charge in [0.25, 0.3) is 5.91 Å². The number of carbonyl (C=O) groups excluding carboxylic acids is 1. The quantitative estimate of drug-likeness (QED) is 0.807. The second kappa shape index (κ2) is 4.56. The molecule has 3 N–H and O–H groups in total. The van der Waals surface area contributed by atoms with Crippen molar-refractivity contribution in [2.45, 2.75) is 0 Å². The molecule has 0 saturated heterocycles. The van der Waals surface area contributed by atoms with Crippen molar-refractivity contribution in [2.75, 3.05) is 12.4 Å². The van der Waals surface area contributed by atoms with Crippen LogP contribution in [0.15, 0.2) is 30.6 Å². The molecular formula is C11H11N5O. The molecule has 1 amide bonds. The number of anilines is 1. The molecule has 0 radical (unpaired) electrons. The lowest BCUT2D eigenvalue weighted by Gasteiger charge is -2.06. The molecule has 86 valence electrons. The molecule has 6 nitrogen and oxygen atoms in total. The SMILES string of the molecule is CNc1nnc(-c2ccncc2)cc1C(N)=O. The Labute approximate surface area is 97.9 Å². The summed E-state index contributed by atoms with van der Waals surface area (Å²) in [6.45, 7) is 0. The highest BCUT2D eigenvalue weighted by atomic mass is 16.1. The largest absolute Gasteiger partial charge is 0.371 e. The monoisotopic (exact) mass is 229 g/mol. The van der Waals surface area contributed by atoms with Crippen molar-refractivity contribution < 1.29 is 4.79 Å². The lowest BCUT2D eigenvalue weighted by Crippen LogP contribution is -2.15. The molecule has 0 spiro atoms. The van der Waals surface area contributed by atoms with Gasteiger partial charge in [-0.05, 0) is 18.2 Å². The number of hydrogen-bond acceptors (Lipinski definition) is 5. The van der Waals surface area contributed by atoms with Crippen molar-refractivity contribution in [3.63, 3.8) is 0 Å². The average Bonchev–Trinajstić information content (AvgIpc) is 2.39. The topological polar surface area (TPSA) is 93.8 Å². The van der Waals surface area contributed by atoms with Crippen LogP contribution in [0.4, 0.5) is 5.82 Å². The van der Waals surface area contributed by atoms with E-state index in [0.29, 0.717) is 17.1 Å². The van der Waals surface area contributed by atoms with E-state index in [9.17, 15) is 4.79 Å². The summed E-state index contributed by atoms with van der Waals surface area (Å²) in [5.41, 5.74) is 7.01. The third kappa shape index (κ3) is 2.20. The van der Waals surface area contributed by atoms with Crippen molar-refractivity contribution in [3.05, 3.63) is 36.2 Å². The Kier molecular flexibility index (Phi) is 2.95. The molecule has 0 aliphatic heterocycles. The standard InChI is InChI=1S/C11H11N5O/c1-13-11-8(10(12)17)6-9(15-16-11)7-2-4-14-5-3-7/h2-6H,1H3,(H2,12,17)(H,13,16). The Morgan fingerprint density at radius 3 is 2.59 bits per heavy atom. The van der Waals surface area contributed by atoms with E-state index in [1.165, 1.54) is 0 Å². The summed E-state index contributed by atoms with van der Waals surface area (Å²) in [6, 6.07) is 5.18. The van der Waals surface area contributed by atoms with Crippen LogP contribution in [-0.4, -0.2) is 28.1 Å². The molecule has 0 aliphatic rings. The summed E-state index contributed by atoms with van der Waals surface area (Å²) in [4.78, 5) is 15.2. The Hall–Kier alpha value is -2.50. The molecule has 2 aromatic rings. The number of nitrogens with two attached hydrogens (primary N) is 1. The molecule has 0 aromatic carbocycles. The van der Waals surface area contributed by atoms with E-state index in [1.807, 2.05) is 0 Å². The van der Waals surface area contributed by atoms with Crippen LogP contribution < -0.4 is 11.1 Å². The van der Waals surface area contributed by atoms with E-state index in [4.69, 9.17) is 5.73 Å². The third-order valence-corrected chi connectivity index (χ3v) is 2.27. The van der Waals surface area contributed by atoms with E-state index in [1.54, 1.807) is 37.6 Å². The minimum Gasteiger partial charge on any atom is -0.371 e. The molecule has 17 heavy (non-hydrogen) atoms. The van der Waals surface area contributed by atoms with Gasteiger partial charge < -0.3 is 11.1 Å². The van der Waals surface area contributed by atoms with E-state index in [2.05, 4.69) is 20.5 Å². The number of pyridine rings is 1. The smallest absolute Gasteiger partial charge is 0.252 e. The predicted molar refractivity (Wildman–Crippen MR) is 63.3 cm³/mol. The van der Waals surface area contributed by atoms with Gasteiger partial charge in [0.2, 0.25) is 0 Å². The van der Waals surface area contributed by atoms with Gasteiger partial charge in [-0.1, -0.05) is 0 Å². The van der Waals surface area contributed by atoms with Crippen LogP contribution in [0.1, 0.15) is 10.4 Å². The fraction of sp³-hybridized carbons (Fsp3) is 0.0909. The maximum Gasteiger partial charge on any atom is 0.252 e. The minimum absolute atomic E-state index is 0.314. The molecule has 6 heteroatoms. The van der Waals surface area contributed by atoms with E-state index >= 15 is 0 Å². The lowest BCUT2D eigenvalue weighted by molar-refractivity contribution is 0.100. The third-order valence-electron chi connectivity index (χ3n) is 2.27. The summed E-state index contributed by atoms with van der Waals surface area (Å²) in [7, 11) is 1.66. The minimum atomic E-state index is -0.542. The van der Waals surface area contributed by atoms with Gasteiger partial charge in [-0.15, -0.1) is 10.2 Å². The van der Waals surface area contributed by atoms with Crippen molar-refractivity contribution in [2.24, 2.45) is 5.73 Å². The Bertz CT molecular complexity index is 541. The molecule has 0 fully saturated rings. The maximum absolute atomic E-state index is 11.3. The molecule has 0 aliphatic carbocycles. The normalized spacial score (nSPS) is 9.94. The lowest BCUT2D eigenvalue weighted by atomic mass is 10.1. The zero-order valence-corrected chi connectivity index (χ0v) is 9.21. The van der Waals surface area contributed by atoms with E-state index < -0.39 is 5.91 Å². The number of aromatic nitrogens is 3. The van der Waals surface area contributed by atoms with Gasteiger partial charge in [-0.25, -0.2) is 0 Å². The van der Waals surface area contributed by atoms with Crippen LogP contribution in [-0.2, 0) is 0 Å². The van der Waals surface area contributed by atoms with Crippen LogP contribution >= 0.6 is 0 Å². The number of carbonyl (C=O) groups is 1. The van der Waals surface area contributed by atoms with Gasteiger partial charge in [0.1, 0.15) is 0 Å². The van der Waals surface area contributed by atoms with Gasteiger partial charge in [-0.3, -0.25) is 9.78 Å². The fourth-order valence-corrected chi connectivity index (χ4v) is 1.43. The molecule has 2 heterocycles. The Morgan fingerprint density at radius 2 is 2.00 bits per heavy atom. The van der Waals surface area contributed by atoms with Gasteiger partial charge in [0.15, 0.2) is 5.82 Å². The highest BCUT2D eigenvalue weighted by Crippen LogP contribution is 2.19. The van der Waals surface area contributed by atoms with Gasteiger partial charge in [0, 0.05) is 25.0 Å². The summed E-state index contributed by atoms with van der Waals surface area (Å²) in [5, 5.41) is 10.7. The maximum atomic E-state index is 11.3. The van der Waals surface area contributed by atoms with Crippen molar-refractivity contribution >= 4 is 11.7 Å². The number of hydrogen-bond donors (Lipinski definition) is 2. The van der Waals surface area contributed by atoms with E-state index in [0.717, 1.165) is 5.56 Å². The molecule has 0 atom stereocenters. The van der Waals surface area contributed by atoms with Crippen LogP contribution in [0.5, 0.6) is 0 Å². The second-order valence-corrected chi connectivity index (χ2v) is 3.34. The Morgan fingerprint density at radius 1 is 1.29 bits per heavy atom. The van der Waals surface area contributed by atoms with Crippen molar-refractivity contribution in [1.29, 1.82) is 0 Å². The van der Waals surface area contributed by atoms with Gasteiger partial charge in [-0.2, -0.15) is 0 Å². The molecule has 0 unspecified atom stereocenters. The molecule has 2 aromatic heterocycles. The molecular weight excluding hydrogens is 218 g/mol. The highest BCUT2D eigenvalue weighted by molar-refractivity contribution is 5.98. The fourth-order valence-electron chi connectivity index (χ4n) is 1.43. The van der Waals surface area contributed by atoms with Crippen molar-refractivity contribution in [1.82, 2.24) is 15.2 Å². The van der Waals surface area contributed by atoms with Crippen LogP contribution in [0.25, 0.3) is 11.3 Å². The van der Waals surface area contributed by atoms with Crippen molar-refractivity contribution in [3.8, 4) is 11.3 Å². The first kappa shape index (κ1) is 11.0. The highest BCUT2D eigenvalue weighted by Gasteiger charge is 2.11. The number of nitrogens with zero attached hydrogens (tertiary/aromatic N) is 3. The average molecular weight is 229 g/mol. The zero-order chi connectivity index (χ0) is 12.3. The van der Waals surface area contributed by atoms with Gasteiger partial charge >= 0.3 is 0 Å². The van der Waals surface area contributed by atoms with Crippen LogP contribution in [0, 0.1) is 0 Å². The summed E-state index contributed by atoms with van der Waals surface area (Å²) in [6.07, 6.45) is 3.29. The second-order valence-electron chi connectivity index (χ2n) is 3.34. The predicted octanol–water partition coefficient (Wildman–Crippen LogP) is 0.679. The zero-order valence-electron chi connectivity index (χ0n) is 9.21. The Balaban J connectivity index is 2.51. The number of nitrogens with one attached hydrogen (secondary N) is 1. The summed E-state index contributed by atoms with van der Waals surface area (Å²) >= 11 is 0. The van der Waals surface area contributed by atoms with E-state index in [-0.39, 0.29) is 0 Å². The van der Waals surface area contributed by atoms with Gasteiger partial charge in [0.05, 0.1) is 11.3 Å². The summed E-state index contributed by atoms with van der Waals surface area (Å²) < 4.78 is 0. The first-order valence-corrected chi connectivity index (χ1v) is 4.98. The number of primary amides is 1. The van der Waals surface area contributed by atoms with Crippen LogP contribution in [0.3, 0.4) is 0 Å². The molecule has 0 saturated carbocycles. The molecule has 2 rings (SSSR count).